The molecule has 0 saturated carbocycles. The molecule has 0 rings (SSSR count). The fourth-order valence-corrected chi connectivity index (χ4v) is 0.780. The van der Waals surface area contributed by atoms with Gasteiger partial charge in [-0.15, -0.1) is 0 Å². The number of allylic oxidation sites excluding steroid dienone is 2. The summed E-state index contributed by atoms with van der Waals surface area (Å²) >= 11 is 0. The Kier molecular flexibility index (Phi) is 5.68. The van der Waals surface area contributed by atoms with Gasteiger partial charge in [0.25, 0.3) is 0 Å². The highest BCUT2D eigenvalue weighted by molar-refractivity contribution is 5.88. The molecule has 0 atom stereocenters. The lowest BCUT2D eigenvalue weighted by Gasteiger charge is -2.06. The van der Waals surface area contributed by atoms with Gasteiger partial charge in [0.2, 0.25) is 5.90 Å². The highest BCUT2D eigenvalue weighted by Crippen LogP contribution is 2.09. The predicted octanol–water partition coefficient (Wildman–Crippen LogP) is 2.06. The lowest BCUT2D eigenvalue weighted by molar-refractivity contribution is 0.405. The first-order valence-corrected chi connectivity index (χ1v) is 4.32. The zero-order chi connectivity index (χ0) is 10.3. The molecular weight excluding hydrogens is 164 g/mol. The topological polar surface area (TPSA) is 47.6 Å². The molecule has 0 aliphatic rings. The maximum atomic E-state index is 5.42. The van der Waals surface area contributed by atoms with Crippen molar-refractivity contribution in [1.82, 2.24) is 0 Å². The lowest BCUT2D eigenvalue weighted by Crippen LogP contribution is -2.02. The molecular formula is C10H18N2O. The summed E-state index contributed by atoms with van der Waals surface area (Å²) in [5.41, 5.74) is 6.25. The van der Waals surface area contributed by atoms with E-state index in [2.05, 4.69) is 4.99 Å². The van der Waals surface area contributed by atoms with Crippen molar-refractivity contribution in [1.29, 1.82) is 0 Å². The molecule has 3 heteroatoms. The van der Waals surface area contributed by atoms with Crippen LogP contribution in [0.4, 0.5) is 0 Å². The molecule has 2 N–H and O–H groups in total. The highest BCUT2D eigenvalue weighted by atomic mass is 16.5. The van der Waals surface area contributed by atoms with Crippen molar-refractivity contribution in [3.63, 3.8) is 0 Å². The summed E-state index contributed by atoms with van der Waals surface area (Å²) in [6.07, 6.45) is 5.18. The largest absolute Gasteiger partial charge is 0.481 e. The van der Waals surface area contributed by atoms with Gasteiger partial charge in [0, 0.05) is 6.20 Å². The van der Waals surface area contributed by atoms with Crippen LogP contribution < -0.4 is 5.73 Å². The number of ether oxygens (including phenoxy) is 1. The van der Waals surface area contributed by atoms with Crippen LogP contribution in [0.3, 0.4) is 0 Å². The van der Waals surface area contributed by atoms with E-state index in [1.807, 2.05) is 26.8 Å². The lowest BCUT2D eigenvalue weighted by atomic mass is 10.1. The van der Waals surface area contributed by atoms with Crippen LogP contribution in [0.2, 0.25) is 0 Å². The summed E-state index contributed by atoms with van der Waals surface area (Å²) in [6.45, 7) is 5.98. The Morgan fingerprint density at radius 1 is 1.46 bits per heavy atom. The summed E-state index contributed by atoms with van der Waals surface area (Å²) in [5.74, 6) is 0.883. The second-order valence-corrected chi connectivity index (χ2v) is 2.90. The smallest absolute Gasteiger partial charge is 0.212 e. The van der Waals surface area contributed by atoms with Crippen molar-refractivity contribution in [2.75, 3.05) is 7.11 Å². The monoisotopic (exact) mass is 182 g/mol. The van der Waals surface area contributed by atoms with Gasteiger partial charge in [-0.25, -0.2) is 4.99 Å². The number of aliphatic imine (C=N–C) groups is 1. The van der Waals surface area contributed by atoms with Gasteiger partial charge in [-0.05, 0) is 18.9 Å². The second kappa shape index (κ2) is 6.29. The van der Waals surface area contributed by atoms with Crippen LogP contribution in [-0.4, -0.2) is 13.0 Å². The first-order valence-electron chi connectivity index (χ1n) is 4.32. The Balaban J connectivity index is 4.65. The summed E-state index contributed by atoms with van der Waals surface area (Å²) in [5, 5.41) is 0. The number of hydrogen-bond donors (Lipinski definition) is 1. The van der Waals surface area contributed by atoms with E-state index in [4.69, 9.17) is 10.5 Å². The molecule has 0 aliphatic heterocycles. The molecule has 3 nitrogen and oxygen atoms in total. The molecule has 0 aromatic heterocycles. The summed E-state index contributed by atoms with van der Waals surface area (Å²) < 4.78 is 5.04. The van der Waals surface area contributed by atoms with Crippen LogP contribution in [0.1, 0.15) is 20.8 Å². The Morgan fingerprint density at radius 3 is 2.38 bits per heavy atom. The zero-order valence-corrected chi connectivity index (χ0v) is 8.74. The van der Waals surface area contributed by atoms with E-state index in [9.17, 15) is 0 Å². The normalized spacial score (nSPS) is 14.2. The average Bonchev–Trinajstić information content (AvgIpc) is 2.11. The Morgan fingerprint density at radius 2 is 2.08 bits per heavy atom. The van der Waals surface area contributed by atoms with Gasteiger partial charge in [-0.2, -0.15) is 0 Å². The molecule has 0 bridgehead atoms. The van der Waals surface area contributed by atoms with Crippen LogP contribution >= 0.6 is 0 Å². The molecule has 13 heavy (non-hydrogen) atoms. The Hall–Kier alpha value is -1.25. The van der Waals surface area contributed by atoms with Gasteiger partial charge in [-0.1, -0.05) is 19.9 Å². The number of rotatable bonds is 3. The average molecular weight is 182 g/mol. The molecule has 0 aromatic carbocycles. The van der Waals surface area contributed by atoms with Gasteiger partial charge in [0.1, 0.15) is 0 Å². The van der Waals surface area contributed by atoms with Crippen LogP contribution in [0.15, 0.2) is 29.0 Å². The number of hydrogen-bond acceptors (Lipinski definition) is 3. The van der Waals surface area contributed by atoms with Gasteiger partial charge < -0.3 is 10.5 Å². The van der Waals surface area contributed by atoms with Crippen molar-refractivity contribution < 1.29 is 4.74 Å². The molecule has 0 amide bonds. The molecule has 0 spiro atoms. The van der Waals surface area contributed by atoms with Crippen molar-refractivity contribution >= 4 is 5.90 Å². The highest BCUT2D eigenvalue weighted by Gasteiger charge is 2.01. The van der Waals surface area contributed by atoms with E-state index < -0.39 is 0 Å². The molecule has 0 aromatic rings. The minimum atomic E-state index is 0.306. The minimum absolute atomic E-state index is 0.306. The minimum Gasteiger partial charge on any atom is -0.481 e. The standard InChI is InChI=1S/C10H18N2O/c1-5-6-10(13-4)12-9(7-11)8(2)3/h5-8H,11H2,1-4H3/b6-5-,9-7-,12-10+. The molecule has 0 radical (unpaired) electrons. The maximum Gasteiger partial charge on any atom is 0.212 e. The van der Waals surface area contributed by atoms with Gasteiger partial charge in [0.05, 0.1) is 12.8 Å². The van der Waals surface area contributed by atoms with Crippen molar-refractivity contribution in [3.05, 3.63) is 24.0 Å². The molecule has 0 saturated heterocycles. The van der Waals surface area contributed by atoms with Crippen molar-refractivity contribution in [2.45, 2.75) is 20.8 Å². The third-order valence-electron chi connectivity index (χ3n) is 1.52. The van der Waals surface area contributed by atoms with Crippen LogP contribution in [0.5, 0.6) is 0 Å². The van der Waals surface area contributed by atoms with Crippen LogP contribution in [0.25, 0.3) is 0 Å². The van der Waals surface area contributed by atoms with Crippen LogP contribution in [0, 0.1) is 5.92 Å². The predicted molar refractivity (Wildman–Crippen MR) is 56.4 cm³/mol. The maximum absolute atomic E-state index is 5.42. The fraction of sp³-hybridized carbons (Fsp3) is 0.500. The van der Waals surface area contributed by atoms with E-state index in [-0.39, 0.29) is 0 Å². The summed E-state index contributed by atoms with van der Waals surface area (Å²) in [7, 11) is 1.59. The fourth-order valence-electron chi connectivity index (χ4n) is 0.780. The number of methoxy groups -OCH3 is 1. The second-order valence-electron chi connectivity index (χ2n) is 2.90. The van der Waals surface area contributed by atoms with Gasteiger partial charge in [-0.3, -0.25) is 0 Å². The first-order chi connectivity index (χ1) is 6.15. The van der Waals surface area contributed by atoms with E-state index in [0.717, 1.165) is 5.70 Å². The van der Waals surface area contributed by atoms with Crippen LogP contribution in [-0.2, 0) is 4.74 Å². The van der Waals surface area contributed by atoms with E-state index >= 15 is 0 Å². The van der Waals surface area contributed by atoms with E-state index in [1.54, 1.807) is 13.2 Å². The van der Waals surface area contributed by atoms with E-state index in [1.165, 1.54) is 6.20 Å². The molecule has 0 heterocycles. The Bertz CT molecular complexity index is 227. The SMILES string of the molecule is C\C=C/C(=N\C(=C/N)C(C)C)OC. The van der Waals surface area contributed by atoms with E-state index in [0.29, 0.717) is 11.8 Å². The molecule has 0 unspecified atom stereocenters. The molecule has 74 valence electrons. The number of nitrogens with zero attached hydrogens (tertiary/aromatic N) is 1. The third kappa shape index (κ3) is 4.35. The van der Waals surface area contributed by atoms with Gasteiger partial charge >= 0.3 is 0 Å². The molecule has 0 fully saturated rings. The quantitative estimate of drug-likeness (QED) is 0.536. The third-order valence-corrected chi connectivity index (χ3v) is 1.52. The summed E-state index contributed by atoms with van der Waals surface area (Å²) in [6, 6.07) is 0. The van der Waals surface area contributed by atoms with Crippen molar-refractivity contribution in [3.8, 4) is 0 Å². The first kappa shape index (κ1) is 11.8. The summed E-state index contributed by atoms with van der Waals surface area (Å²) in [4.78, 5) is 4.25. The Labute approximate surface area is 80.0 Å². The zero-order valence-electron chi connectivity index (χ0n) is 8.74. The van der Waals surface area contributed by atoms with Crippen molar-refractivity contribution in [2.24, 2.45) is 16.6 Å². The molecule has 0 aliphatic carbocycles. The number of nitrogens with two attached hydrogens (primary N) is 1. The van der Waals surface area contributed by atoms with Gasteiger partial charge in [0.15, 0.2) is 0 Å².